The third kappa shape index (κ3) is 5.84. The van der Waals surface area contributed by atoms with Crippen molar-refractivity contribution in [2.75, 3.05) is 13.2 Å². The molecule has 0 spiro atoms. The Morgan fingerprint density at radius 3 is 2.08 bits per heavy atom. The lowest BCUT2D eigenvalue weighted by atomic mass is 10.1. The van der Waals surface area contributed by atoms with Gasteiger partial charge in [0.15, 0.2) is 14.6 Å². The van der Waals surface area contributed by atoms with Crippen molar-refractivity contribution in [3.05, 3.63) is 84.4 Å². The van der Waals surface area contributed by atoms with Crippen LogP contribution in [0.25, 0.3) is 0 Å². The van der Waals surface area contributed by atoms with Crippen molar-refractivity contribution in [3.63, 3.8) is 0 Å². The maximum atomic E-state index is 6.93. The van der Waals surface area contributed by atoms with Crippen LogP contribution < -0.4 is 0 Å². The molecule has 0 aliphatic carbocycles. The van der Waals surface area contributed by atoms with Gasteiger partial charge in [-0.3, -0.25) is 4.74 Å². The van der Waals surface area contributed by atoms with Crippen LogP contribution in [0.15, 0.2) is 73.3 Å². The van der Waals surface area contributed by atoms with Crippen LogP contribution in [0.1, 0.15) is 52.7 Å². The van der Waals surface area contributed by atoms with Crippen LogP contribution in [0, 0.1) is 0 Å². The van der Waals surface area contributed by atoms with Crippen LogP contribution in [-0.2, 0) is 40.7 Å². The second-order valence-corrected chi connectivity index (χ2v) is 16.6. The number of ether oxygens (including phenoxy) is 5. The Hall–Kier alpha value is -1.84. The fourth-order valence-corrected chi connectivity index (χ4v) is 11.7. The summed E-state index contributed by atoms with van der Waals surface area (Å²) in [6, 6.07) is 19.8. The molecule has 4 rings (SSSR count). The second kappa shape index (κ2) is 12.6. The highest BCUT2D eigenvalue weighted by Gasteiger charge is 2.60. The van der Waals surface area contributed by atoms with Crippen LogP contribution in [0.2, 0.25) is 16.6 Å². The highest BCUT2D eigenvalue weighted by molar-refractivity contribution is 6.77. The van der Waals surface area contributed by atoms with Gasteiger partial charge in [-0.2, -0.15) is 0 Å². The minimum Gasteiger partial charge on any atom is -0.413 e. The SMILES string of the molecule is C=CCO[C@@]1(c2ccccc2)O[C@@H]2O[C@H](CO[Si](C(C)C)(C(C)C)C(C)C)[C@@H](OCc3ccccc3)[C@@H]2O1. The Morgan fingerprint density at radius 1 is 0.895 bits per heavy atom. The molecule has 0 aromatic heterocycles. The Bertz CT molecular complexity index is 992. The summed E-state index contributed by atoms with van der Waals surface area (Å²) in [4.78, 5) is 0. The fraction of sp³-hybridized carbons (Fsp3) is 0.548. The van der Waals surface area contributed by atoms with E-state index in [0.29, 0.717) is 29.8 Å². The van der Waals surface area contributed by atoms with Gasteiger partial charge in [0.05, 0.1) is 19.8 Å². The largest absolute Gasteiger partial charge is 0.413 e. The molecule has 2 aromatic rings. The summed E-state index contributed by atoms with van der Waals surface area (Å²) < 4.78 is 39.0. The molecule has 38 heavy (non-hydrogen) atoms. The van der Waals surface area contributed by atoms with Gasteiger partial charge in [0, 0.05) is 5.56 Å². The lowest BCUT2D eigenvalue weighted by molar-refractivity contribution is -0.373. The molecule has 2 aliphatic rings. The average molecular weight is 541 g/mol. The lowest BCUT2D eigenvalue weighted by Crippen LogP contribution is -2.50. The first-order chi connectivity index (χ1) is 18.2. The molecule has 7 heteroatoms. The molecule has 0 amide bonds. The van der Waals surface area contributed by atoms with Gasteiger partial charge < -0.3 is 23.4 Å². The van der Waals surface area contributed by atoms with Crippen molar-refractivity contribution in [2.24, 2.45) is 0 Å². The van der Waals surface area contributed by atoms with Crippen LogP contribution in [0.5, 0.6) is 0 Å². The topological polar surface area (TPSA) is 55.4 Å². The zero-order valence-corrected chi connectivity index (χ0v) is 24.7. The Morgan fingerprint density at radius 2 is 1.50 bits per heavy atom. The highest BCUT2D eigenvalue weighted by atomic mass is 28.4. The van der Waals surface area contributed by atoms with Crippen LogP contribution >= 0.6 is 0 Å². The molecule has 2 heterocycles. The molecule has 2 saturated heterocycles. The maximum absolute atomic E-state index is 6.93. The van der Waals surface area contributed by atoms with Gasteiger partial charge in [-0.1, -0.05) is 108 Å². The predicted molar refractivity (Wildman–Crippen MR) is 151 cm³/mol. The number of benzene rings is 2. The van der Waals surface area contributed by atoms with Gasteiger partial charge in [-0.25, -0.2) is 0 Å². The monoisotopic (exact) mass is 540 g/mol. The lowest BCUT2D eigenvalue weighted by Gasteiger charge is -2.43. The number of hydrogen-bond donors (Lipinski definition) is 0. The first kappa shape index (κ1) is 29.1. The molecular formula is C31H44O6Si. The van der Waals surface area contributed by atoms with Gasteiger partial charge in [0.2, 0.25) is 0 Å². The molecule has 0 unspecified atom stereocenters. The van der Waals surface area contributed by atoms with Gasteiger partial charge in [0.1, 0.15) is 18.3 Å². The summed E-state index contributed by atoms with van der Waals surface area (Å²) in [6.07, 6.45) is -0.171. The molecule has 5 atom stereocenters. The third-order valence-corrected chi connectivity index (χ3v) is 13.9. The number of fused-ring (bicyclic) bond motifs is 1. The van der Waals surface area contributed by atoms with Crippen molar-refractivity contribution >= 4 is 8.32 Å². The normalized spacial score (nSPS) is 27.4. The molecule has 2 aromatic carbocycles. The van der Waals surface area contributed by atoms with Crippen LogP contribution in [0.4, 0.5) is 0 Å². The van der Waals surface area contributed by atoms with E-state index in [2.05, 4.69) is 60.3 Å². The summed E-state index contributed by atoms with van der Waals surface area (Å²) >= 11 is 0. The van der Waals surface area contributed by atoms with E-state index in [-0.39, 0.29) is 12.7 Å². The number of hydrogen-bond acceptors (Lipinski definition) is 6. The van der Waals surface area contributed by atoms with Crippen molar-refractivity contribution in [2.45, 2.75) is 95.3 Å². The van der Waals surface area contributed by atoms with E-state index in [1.807, 2.05) is 48.5 Å². The van der Waals surface area contributed by atoms with E-state index >= 15 is 0 Å². The zero-order valence-electron chi connectivity index (χ0n) is 23.7. The molecule has 6 nitrogen and oxygen atoms in total. The second-order valence-electron chi connectivity index (χ2n) is 11.2. The van der Waals surface area contributed by atoms with Gasteiger partial charge in [-0.05, 0) is 22.2 Å². The van der Waals surface area contributed by atoms with Gasteiger partial charge in [-0.15, -0.1) is 6.58 Å². The highest BCUT2D eigenvalue weighted by Crippen LogP contribution is 2.47. The third-order valence-electron chi connectivity index (χ3n) is 7.84. The van der Waals surface area contributed by atoms with Crippen molar-refractivity contribution in [1.82, 2.24) is 0 Å². The van der Waals surface area contributed by atoms with Gasteiger partial charge >= 0.3 is 5.97 Å². The first-order valence-electron chi connectivity index (χ1n) is 13.8. The van der Waals surface area contributed by atoms with Crippen LogP contribution in [0.3, 0.4) is 0 Å². The Balaban J connectivity index is 1.59. The minimum atomic E-state index is -2.10. The predicted octanol–water partition coefficient (Wildman–Crippen LogP) is 6.92. The molecule has 2 fully saturated rings. The minimum absolute atomic E-state index is 0.266. The Kier molecular flexibility index (Phi) is 9.63. The van der Waals surface area contributed by atoms with Crippen molar-refractivity contribution in [3.8, 4) is 0 Å². The van der Waals surface area contributed by atoms with E-state index in [4.69, 9.17) is 28.1 Å². The molecule has 0 N–H and O–H groups in total. The summed E-state index contributed by atoms with van der Waals surface area (Å²) in [5.41, 5.74) is 3.26. The van der Waals surface area contributed by atoms with Crippen molar-refractivity contribution < 1.29 is 28.1 Å². The maximum Gasteiger partial charge on any atom is 0.315 e. The van der Waals surface area contributed by atoms with E-state index in [1.54, 1.807) is 6.08 Å². The summed E-state index contributed by atoms with van der Waals surface area (Å²) in [5.74, 6) is -1.39. The summed E-state index contributed by atoms with van der Waals surface area (Å²) in [7, 11) is -2.10. The molecular weight excluding hydrogens is 496 g/mol. The standard InChI is InChI=1S/C31H44O6Si/c1-8-19-33-31(26-17-13-10-14-18-26)36-29-28(32-20-25-15-11-9-12-16-25)27(35-30(29)37-31)21-34-38(22(2)3,23(4)5)24(6)7/h8-18,22-24,27-30H,1,19-21H2,2-7H3/t27-,28-,29+,30+,31-/m1/s1. The molecule has 2 aliphatic heterocycles. The summed E-state index contributed by atoms with van der Waals surface area (Å²) in [5, 5.41) is 0. The quantitative estimate of drug-likeness (QED) is 0.203. The zero-order chi connectivity index (χ0) is 27.3. The molecule has 0 radical (unpaired) electrons. The molecule has 0 bridgehead atoms. The van der Waals surface area contributed by atoms with Crippen molar-refractivity contribution in [1.29, 1.82) is 0 Å². The smallest absolute Gasteiger partial charge is 0.315 e. The molecule has 208 valence electrons. The number of rotatable bonds is 13. The average Bonchev–Trinajstić information content (AvgIpc) is 3.42. The summed E-state index contributed by atoms with van der Waals surface area (Å²) in [6.45, 7) is 18.7. The van der Waals surface area contributed by atoms with E-state index < -0.39 is 32.8 Å². The first-order valence-corrected chi connectivity index (χ1v) is 16.0. The van der Waals surface area contributed by atoms with E-state index in [0.717, 1.165) is 11.1 Å². The van der Waals surface area contributed by atoms with Gasteiger partial charge in [0.25, 0.3) is 0 Å². The fourth-order valence-electron chi connectivity index (χ4n) is 6.20. The Labute approximate surface area is 229 Å². The molecule has 0 saturated carbocycles. The van der Waals surface area contributed by atoms with Crippen LogP contribution in [-0.4, -0.2) is 46.1 Å². The van der Waals surface area contributed by atoms with E-state index in [9.17, 15) is 0 Å². The van der Waals surface area contributed by atoms with E-state index in [1.165, 1.54) is 0 Å².